The first-order chi connectivity index (χ1) is 7.52. The van der Waals surface area contributed by atoms with Gasteiger partial charge in [0.05, 0.1) is 0 Å². The molecule has 1 heterocycles. The zero-order chi connectivity index (χ0) is 12.1. The van der Waals surface area contributed by atoms with Gasteiger partial charge in [-0.15, -0.1) is 0 Å². The van der Waals surface area contributed by atoms with Gasteiger partial charge in [-0.1, -0.05) is 6.08 Å². The lowest BCUT2D eigenvalue weighted by Gasteiger charge is -2.22. The van der Waals surface area contributed by atoms with E-state index >= 15 is 0 Å². The highest BCUT2D eigenvalue weighted by Crippen LogP contribution is 2.10. The van der Waals surface area contributed by atoms with E-state index in [1.807, 2.05) is 0 Å². The quantitative estimate of drug-likeness (QED) is 0.708. The molecule has 0 saturated heterocycles. The lowest BCUT2D eigenvalue weighted by atomic mass is 10.1. The van der Waals surface area contributed by atoms with Gasteiger partial charge in [0.2, 0.25) is 11.8 Å². The molecule has 0 radical (unpaired) electrons. The Labute approximate surface area is 94.5 Å². The smallest absolute Gasteiger partial charge is 0.276 e. The van der Waals surface area contributed by atoms with E-state index in [1.165, 1.54) is 18.7 Å². The molecule has 3 amide bonds. The van der Waals surface area contributed by atoms with Gasteiger partial charge in [-0.3, -0.25) is 19.3 Å². The second-order valence-corrected chi connectivity index (χ2v) is 3.77. The van der Waals surface area contributed by atoms with Crippen LogP contribution < -0.4 is 5.32 Å². The number of carbonyl (C=O) groups excluding carboxylic acids is 3. The molecule has 5 nitrogen and oxygen atoms in total. The van der Waals surface area contributed by atoms with Crippen LogP contribution in [0.15, 0.2) is 11.8 Å². The molecule has 1 aliphatic heterocycles. The molecule has 0 unspecified atom stereocenters. The Bertz CT molecular complexity index is 347. The van der Waals surface area contributed by atoms with Crippen LogP contribution in [-0.4, -0.2) is 29.2 Å². The van der Waals surface area contributed by atoms with Gasteiger partial charge < -0.3 is 5.32 Å². The maximum Gasteiger partial charge on any atom is 0.276 e. The van der Waals surface area contributed by atoms with E-state index in [9.17, 15) is 14.4 Å². The van der Waals surface area contributed by atoms with Gasteiger partial charge in [0.25, 0.3) is 5.91 Å². The summed E-state index contributed by atoms with van der Waals surface area (Å²) >= 11 is 0. The third-order valence-corrected chi connectivity index (χ3v) is 2.35. The van der Waals surface area contributed by atoms with Crippen molar-refractivity contribution < 1.29 is 14.4 Å². The summed E-state index contributed by atoms with van der Waals surface area (Å²) in [5, 5.41) is 2.46. The summed E-state index contributed by atoms with van der Waals surface area (Å²) in [6, 6.07) is 0. The highest BCUT2D eigenvalue weighted by Gasteiger charge is 2.23. The molecule has 0 aromatic carbocycles. The zero-order valence-electron chi connectivity index (χ0n) is 9.58. The van der Waals surface area contributed by atoms with E-state index in [1.54, 1.807) is 6.08 Å². The molecule has 1 N–H and O–H groups in total. The van der Waals surface area contributed by atoms with E-state index in [-0.39, 0.29) is 17.5 Å². The Kier molecular flexibility index (Phi) is 4.22. The van der Waals surface area contributed by atoms with Crippen LogP contribution in [0, 0.1) is 0 Å². The number of carbonyl (C=O) groups is 3. The number of rotatable bonds is 1. The van der Waals surface area contributed by atoms with Gasteiger partial charge in [-0.25, -0.2) is 0 Å². The largest absolute Gasteiger partial charge is 0.322 e. The molecule has 16 heavy (non-hydrogen) atoms. The highest BCUT2D eigenvalue weighted by molar-refractivity contribution is 6.05. The molecule has 0 aromatic heterocycles. The van der Waals surface area contributed by atoms with Crippen LogP contribution in [0.2, 0.25) is 0 Å². The molecule has 0 atom stereocenters. The van der Waals surface area contributed by atoms with Crippen LogP contribution >= 0.6 is 0 Å². The van der Waals surface area contributed by atoms with Gasteiger partial charge in [0, 0.05) is 20.4 Å². The Balaban J connectivity index is 2.89. The van der Waals surface area contributed by atoms with Crippen molar-refractivity contribution in [2.24, 2.45) is 0 Å². The summed E-state index contributed by atoms with van der Waals surface area (Å²) < 4.78 is 0. The van der Waals surface area contributed by atoms with Crippen LogP contribution in [0.25, 0.3) is 0 Å². The standard InChI is InChI=1S/C11H16N2O3/c1-8(14)12-10-6-4-3-5-7-13(9(2)15)11(10)16/h6H,3-5,7H2,1-2H3,(H,12,14). The fraction of sp³-hybridized carbons (Fsp3) is 0.545. The highest BCUT2D eigenvalue weighted by atomic mass is 16.2. The maximum absolute atomic E-state index is 11.9. The predicted molar refractivity (Wildman–Crippen MR) is 58.1 cm³/mol. The van der Waals surface area contributed by atoms with Crippen molar-refractivity contribution >= 4 is 17.7 Å². The van der Waals surface area contributed by atoms with Gasteiger partial charge in [-0.05, 0) is 19.3 Å². The topological polar surface area (TPSA) is 66.5 Å². The summed E-state index contributed by atoms with van der Waals surface area (Å²) in [6.07, 6.45) is 4.13. The van der Waals surface area contributed by atoms with Crippen molar-refractivity contribution in [2.75, 3.05) is 6.54 Å². The molecular formula is C11H16N2O3. The maximum atomic E-state index is 11.9. The summed E-state index contributed by atoms with van der Waals surface area (Å²) in [6.45, 7) is 3.11. The number of imide groups is 1. The average molecular weight is 224 g/mol. The number of allylic oxidation sites excluding steroid dienone is 1. The molecule has 0 fully saturated rings. The second-order valence-electron chi connectivity index (χ2n) is 3.77. The monoisotopic (exact) mass is 224 g/mol. The Morgan fingerprint density at radius 3 is 2.56 bits per heavy atom. The Morgan fingerprint density at radius 1 is 1.31 bits per heavy atom. The molecule has 0 spiro atoms. The summed E-state index contributed by atoms with van der Waals surface area (Å²) in [5.74, 6) is -1.01. The first-order valence-electron chi connectivity index (χ1n) is 5.32. The lowest BCUT2D eigenvalue weighted by Crippen LogP contribution is -2.41. The third kappa shape index (κ3) is 3.18. The number of nitrogens with one attached hydrogen (secondary N) is 1. The van der Waals surface area contributed by atoms with Crippen LogP contribution in [0.4, 0.5) is 0 Å². The van der Waals surface area contributed by atoms with Gasteiger partial charge in [-0.2, -0.15) is 0 Å². The normalized spacial score (nSPS) is 17.2. The van der Waals surface area contributed by atoms with Crippen LogP contribution in [0.5, 0.6) is 0 Å². The molecule has 1 rings (SSSR count). The van der Waals surface area contributed by atoms with E-state index in [0.29, 0.717) is 6.54 Å². The fourth-order valence-electron chi connectivity index (χ4n) is 1.59. The molecule has 0 saturated carbocycles. The first-order valence-corrected chi connectivity index (χ1v) is 5.32. The zero-order valence-corrected chi connectivity index (χ0v) is 9.58. The fourth-order valence-corrected chi connectivity index (χ4v) is 1.59. The summed E-state index contributed by atoms with van der Waals surface area (Å²) in [4.78, 5) is 35.3. The van der Waals surface area contributed by atoms with Crippen LogP contribution in [0.3, 0.4) is 0 Å². The number of amides is 3. The number of hydrogen-bond acceptors (Lipinski definition) is 3. The molecular weight excluding hydrogens is 208 g/mol. The van der Waals surface area contributed by atoms with Crippen molar-refractivity contribution in [1.29, 1.82) is 0 Å². The van der Waals surface area contributed by atoms with Crippen molar-refractivity contribution in [3.63, 3.8) is 0 Å². The minimum Gasteiger partial charge on any atom is -0.322 e. The van der Waals surface area contributed by atoms with Crippen molar-refractivity contribution in [3.05, 3.63) is 11.8 Å². The molecule has 0 aromatic rings. The number of hydrogen-bond donors (Lipinski definition) is 1. The Morgan fingerprint density at radius 2 is 2.00 bits per heavy atom. The van der Waals surface area contributed by atoms with Crippen LogP contribution in [0.1, 0.15) is 33.1 Å². The first kappa shape index (κ1) is 12.4. The number of nitrogens with zero attached hydrogens (tertiary/aromatic N) is 1. The van der Waals surface area contributed by atoms with Crippen molar-refractivity contribution in [3.8, 4) is 0 Å². The molecule has 88 valence electrons. The van der Waals surface area contributed by atoms with E-state index in [2.05, 4.69) is 5.32 Å². The molecule has 0 aliphatic carbocycles. The third-order valence-electron chi connectivity index (χ3n) is 2.35. The van der Waals surface area contributed by atoms with E-state index in [0.717, 1.165) is 19.3 Å². The van der Waals surface area contributed by atoms with Gasteiger partial charge >= 0.3 is 0 Å². The second kappa shape index (κ2) is 5.44. The average Bonchev–Trinajstić information content (AvgIpc) is 2.16. The minimum absolute atomic E-state index is 0.211. The summed E-state index contributed by atoms with van der Waals surface area (Å²) in [7, 11) is 0. The van der Waals surface area contributed by atoms with E-state index in [4.69, 9.17) is 0 Å². The Hall–Kier alpha value is -1.65. The summed E-state index contributed by atoms with van der Waals surface area (Å²) in [5.41, 5.74) is 0.211. The van der Waals surface area contributed by atoms with Crippen molar-refractivity contribution in [1.82, 2.24) is 10.2 Å². The van der Waals surface area contributed by atoms with Gasteiger partial charge in [0.15, 0.2) is 0 Å². The van der Waals surface area contributed by atoms with Crippen molar-refractivity contribution in [2.45, 2.75) is 33.1 Å². The predicted octanol–water partition coefficient (Wildman–Crippen LogP) is 0.565. The van der Waals surface area contributed by atoms with Crippen LogP contribution in [-0.2, 0) is 14.4 Å². The van der Waals surface area contributed by atoms with Gasteiger partial charge in [0.1, 0.15) is 5.70 Å². The SMILES string of the molecule is CC(=O)NC1=CCCCCN(C(C)=O)C1=O. The molecule has 0 bridgehead atoms. The lowest BCUT2D eigenvalue weighted by molar-refractivity contribution is -0.142. The minimum atomic E-state index is -0.414. The molecule has 5 heteroatoms. The van der Waals surface area contributed by atoms with E-state index < -0.39 is 5.91 Å². The molecule has 1 aliphatic rings.